The Morgan fingerprint density at radius 2 is 1.94 bits per heavy atom. The highest BCUT2D eigenvalue weighted by atomic mass is 16.4. The van der Waals surface area contributed by atoms with E-state index in [1.807, 2.05) is 18.2 Å². The van der Waals surface area contributed by atoms with E-state index in [2.05, 4.69) is 5.32 Å². The topological polar surface area (TPSA) is 92.4 Å². The summed E-state index contributed by atoms with van der Waals surface area (Å²) in [6, 6.07) is 8.25. The first-order valence-corrected chi connectivity index (χ1v) is 5.87. The van der Waals surface area contributed by atoms with Gasteiger partial charge in [0.05, 0.1) is 5.41 Å². The van der Waals surface area contributed by atoms with Crippen LogP contribution in [0.4, 0.5) is 0 Å². The van der Waals surface area contributed by atoms with E-state index in [1.165, 1.54) is 0 Å². The number of nitrogens with two attached hydrogens (primary N) is 1. The average Bonchev–Trinajstić information content (AvgIpc) is 3.17. The number of carbonyl (C=O) groups excluding carboxylic acids is 1. The van der Waals surface area contributed by atoms with Gasteiger partial charge >= 0.3 is 5.97 Å². The summed E-state index contributed by atoms with van der Waals surface area (Å²) in [7, 11) is 0. The number of hydrogen-bond donors (Lipinski definition) is 3. The predicted octanol–water partition coefficient (Wildman–Crippen LogP) is 0.667. The number of nitrogens with one attached hydrogen (secondary N) is 1. The van der Waals surface area contributed by atoms with E-state index in [4.69, 9.17) is 10.8 Å². The Morgan fingerprint density at radius 3 is 2.44 bits per heavy atom. The van der Waals surface area contributed by atoms with Gasteiger partial charge in [-0.25, -0.2) is 0 Å². The standard InChI is InChI=1S/C13H16N2O3/c14-10(9-4-2-1-3-5-9)11(16)15-8-13(6-7-13)12(17)18/h1-5,10H,6-8,14H2,(H,15,16)(H,17,18). The second kappa shape index (κ2) is 4.78. The Hall–Kier alpha value is -1.88. The smallest absolute Gasteiger partial charge is 0.311 e. The quantitative estimate of drug-likeness (QED) is 0.714. The molecule has 0 aromatic heterocycles. The Morgan fingerprint density at radius 1 is 1.33 bits per heavy atom. The number of hydrogen-bond acceptors (Lipinski definition) is 3. The highest BCUT2D eigenvalue weighted by Gasteiger charge is 2.50. The second-order valence-corrected chi connectivity index (χ2v) is 4.69. The average molecular weight is 248 g/mol. The molecule has 0 spiro atoms. The Bertz CT molecular complexity index is 455. The molecule has 2 rings (SSSR count). The molecule has 1 amide bonds. The highest BCUT2D eigenvalue weighted by molar-refractivity contribution is 5.84. The van der Waals surface area contributed by atoms with E-state index in [9.17, 15) is 9.59 Å². The Balaban J connectivity index is 1.91. The number of rotatable bonds is 5. The van der Waals surface area contributed by atoms with Gasteiger partial charge in [0.25, 0.3) is 0 Å². The minimum Gasteiger partial charge on any atom is -0.481 e. The fourth-order valence-electron chi connectivity index (χ4n) is 1.80. The zero-order valence-electron chi connectivity index (χ0n) is 9.93. The summed E-state index contributed by atoms with van der Waals surface area (Å²) < 4.78 is 0. The van der Waals surface area contributed by atoms with Gasteiger partial charge in [0.15, 0.2) is 0 Å². The fraction of sp³-hybridized carbons (Fsp3) is 0.385. The highest BCUT2D eigenvalue weighted by Crippen LogP contribution is 2.45. The molecule has 1 unspecified atom stereocenters. The maximum atomic E-state index is 11.8. The van der Waals surface area contributed by atoms with Crippen molar-refractivity contribution in [3.05, 3.63) is 35.9 Å². The zero-order valence-corrected chi connectivity index (χ0v) is 9.93. The molecule has 96 valence electrons. The van der Waals surface area contributed by atoms with Gasteiger partial charge in [-0.05, 0) is 18.4 Å². The van der Waals surface area contributed by atoms with Crippen LogP contribution in [0.2, 0.25) is 0 Å². The van der Waals surface area contributed by atoms with E-state index in [-0.39, 0.29) is 12.5 Å². The largest absolute Gasteiger partial charge is 0.481 e. The minimum atomic E-state index is -0.851. The molecule has 1 atom stereocenters. The lowest BCUT2D eigenvalue weighted by Crippen LogP contribution is -2.39. The van der Waals surface area contributed by atoms with Crippen LogP contribution in [0.3, 0.4) is 0 Å². The van der Waals surface area contributed by atoms with Crippen LogP contribution < -0.4 is 11.1 Å². The Labute approximate surface area is 105 Å². The molecule has 1 saturated carbocycles. The SMILES string of the molecule is NC(C(=O)NCC1(C(=O)O)CC1)c1ccccc1. The van der Waals surface area contributed by atoms with E-state index >= 15 is 0 Å². The van der Waals surface area contributed by atoms with E-state index in [0.29, 0.717) is 12.8 Å². The molecular formula is C13H16N2O3. The molecular weight excluding hydrogens is 232 g/mol. The van der Waals surface area contributed by atoms with Crippen molar-refractivity contribution in [1.29, 1.82) is 0 Å². The molecule has 5 heteroatoms. The Kier molecular flexibility index (Phi) is 3.34. The molecule has 0 aliphatic heterocycles. The van der Waals surface area contributed by atoms with Crippen LogP contribution in [0.15, 0.2) is 30.3 Å². The molecule has 0 bridgehead atoms. The third kappa shape index (κ3) is 2.51. The predicted molar refractivity (Wildman–Crippen MR) is 65.7 cm³/mol. The minimum absolute atomic E-state index is 0.154. The zero-order chi connectivity index (χ0) is 13.2. The van der Waals surface area contributed by atoms with Gasteiger partial charge in [-0.15, -0.1) is 0 Å². The van der Waals surface area contributed by atoms with Crippen molar-refractivity contribution in [2.75, 3.05) is 6.54 Å². The van der Waals surface area contributed by atoms with Crippen LogP contribution in [0, 0.1) is 5.41 Å². The summed E-state index contributed by atoms with van der Waals surface area (Å²) in [5, 5.41) is 11.6. The lowest BCUT2D eigenvalue weighted by Gasteiger charge is -2.15. The van der Waals surface area contributed by atoms with Gasteiger partial charge in [0.1, 0.15) is 6.04 Å². The maximum absolute atomic E-state index is 11.8. The summed E-state index contributed by atoms with van der Waals surface area (Å²) in [4.78, 5) is 22.8. The molecule has 0 radical (unpaired) electrons. The van der Waals surface area contributed by atoms with Crippen LogP contribution in [-0.4, -0.2) is 23.5 Å². The molecule has 18 heavy (non-hydrogen) atoms. The number of carboxylic acid groups (broad SMARTS) is 1. The molecule has 5 nitrogen and oxygen atoms in total. The number of carbonyl (C=O) groups is 2. The third-order valence-electron chi connectivity index (χ3n) is 3.35. The van der Waals surface area contributed by atoms with Crippen LogP contribution in [0.5, 0.6) is 0 Å². The summed E-state index contributed by atoms with van der Waals surface area (Å²) in [6.45, 7) is 0.154. The van der Waals surface area contributed by atoms with Gasteiger partial charge in [-0.2, -0.15) is 0 Å². The lowest BCUT2D eigenvalue weighted by atomic mass is 10.1. The van der Waals surface area contributed by atoms with Crippen LogP contribution in [0.1, 0.15) is 24.4 Å². The van der Waals surface area contributed by atoms with Crippen LogP contribution in [0.25, 0.3) is 0 Å². The van der Waals surface area contributed by atoms with Crippen LogP contribution in [-0.2, 0) is 9.59 Å². The number of carboxylic acids is 1. The number of amides is 1. The van der Waals surface area contributed by atoms with Crippen molar-refractivity contribution in [3.8, 4) is 0 Å². The van der Waals surface area contributed by atoms with Gasteiger partial charge < -0.3 is 16.2 Å². The van der Waals surface area contributed by atoms with E-state index in [0.717, 1.165) is 5.56 Å². The molecule has 1 aliphatic carbocycles. The van der Waals surface area contributed by atoms with E-state index in [1.54, 1.807) is 12.1 Å². The summed E-state index contributed by atoms with van der Waals surface area (Å²) in [5.74, 6) is -1.19. The monoisotopic (exact) mass is 248 g/mol. The van der Waals surface area contributed by atoms with Gasteiger partial charge in [-0.1, -0.05) is 30.3 Å². The molecule has 1 fully saturated rings. The van der Waals surface area contributed by atoms with Crippen molar-refractivity contribution in [2.24, 2.45) is 11.1 Å². The van der Waals surface area contributed by atoms with Crippen molar-refractivity contribution in [3.63, 3.8) is 0 Å². The molecule has 0 heterocycles. The fourth-order valence-corrected chi connectivity index (χ4v) is 1.80. The first-order chi connectivity index (χ1) is 8.55. The van der Waals surface area contributed by atoms with Gasteiger partial charge in [0, 0.05) is 6.54 Å². The molecule has 1 aromatic rings. The van der Waals surface area contributed by atoms with Crippen molar-refractivity contribution < 1.29 is 14.7 Å². The van der Waals surface area contributed by atoms with E-state index < -0.39 is 17.4 Å². The summed E-state index contributed by atoms with van der Waals surface area (Å²) in [5.41, 5.74) is 5.76. The molecule has 1 aliphatic rings. The third-order valence-corrected chi connectivity index (χ3v) is 3.35. The lowest BCUT2D eigenvalue weighted by molar-refractivity contribution is -0.143. The van der Waals surface area contributed by atoms with Crippen molar-refractivity contribution in [2.45, 2.75) is 18.9 Å². The number of aliphatic carboxylic acids is 1. The maximum Gasteiger partial charge on any atom is 0.311 e. The summed E-state index contributed by atoms with van der Waals surface area (Å²) in [6.07, 6.45) is 1.23. The normalized spacial score (nSPS) is 17.8. The van der Waals surface area contributed by atoms with Gasteiger partial charge in [0.2, 0.25) is 5.91 Å². The molecule has 1 aromatic carbocycles. The molecule has 0 saturated heterocycles. The van der Waals surface area contributed by atoms with Crippen molar-refractivity contribution >= 4 is 11.9 Å². The van der Waals surface area contributed by atoms with Gasteiger partial charge in [-0.3, -0.25) is 9.59 Å². The first kappa shape index (κ1) is 12.6. The second-order valence-electron chi connectivity index (χ2n) is 4.69. The molecule has 4 N–H and O–H groups in total. The van der Waals surface area contributed by atoms with Crippen molar-refractivity contribution in [1.82, 2.24) is 5.32 Å². The number of benzene rings is 1. The first-order valence-electron chi connectivity index (χ1n) is 5.87. The van der Waals surface area contributed by atoms with Crippen LogP contribution >= 0.6 is 0 Å². The summed E-state index contributed by atoms with van der Waals surface area (Å²) >= 11 is 0.